The molecule has 0 bridgehead atoms. The number of amides is 1. The van der Waals surface area contributed by atoms with E-state index in [-0.39, 0.29) is 18.6 Å². The normalized spacial score (nSPS) is 19.6. The Labute approximate surface area is 165 Å². The van der Waals surface area contributed by atoms with E-state index in [9.17, 15) is 4.79 Å². The minimum absolute atomic E-state index is 0.00190. The molecule has 7 nitrogen and oxygen atoms in total. The summed E-state index contributed by atoms with van der Waals surface area (Å²) in [7, 11) is 0. The average Bonchev–Trinajstić information content (AvgIpc) is 3.45. The fourth-order valence-corrected chi connectivity index (χ4v) is 3.42. The van der Waals surface area contributed by atoms with E-state index in [0.29, 0.717) is 31.3 Å². The van der Waals surface area contributed by atoms with Gasteiger partial charge in [0.25, 0.3) is 5.91 Å². The third kappa shape index (κ3) is 5.10. The zero-order valence-electron chi connectivity index (χ0n) is 16.3. The van der Waals surface area contributed by atoms with Gasteiger partial charge in [-0.1, -0.05) is 17.3 Å². The van der Waals surface area contributed by atoms with Crippen LogP contribution in [0.1, 0.15) is 48.9 Å². The lowest BCUT2D eigenvalue weighted by atomic mass is 10.1. The molecule has 0 spiro atoms. The van der Waals surface area contributed by atoms with Crippen LogP contribution in [0.2, 0.25) is 0 Å². The molecule has 1 atom stereocenters. The first-order chi connectivity index (χ1) is 13.7. The number of carbonyl (C=O) groups is 1. The van der Waals surface area contributed by atoms with E-state index < -0.39 is 0 Å². The van der Waals surface area contributed by atoms with E-state index >= 15 is 0 Å². The highest BCUT2D eigenvalue weighted by Gasteiger charge is 2.29. The second kappa shape index (κ2) is 8.73. The molecule has 2 aliphatic rings. The zero-order valence-corrected chi connectivity index (χ0v) is 16.3. The van der Waals surface area contributed by atoms with Crippen LogP contribution >= 0.6 is 0 Å². The monoisotopic (exact) mass is 385 g/mol. The van der Waals surface area contributed by atoms with E-state index in [4.69, 9.17) is 14.0 Å². The fourth-order valence-electron chi connectivity index (χ4n) is 3.42. The number of hydrogen-bond donors (Lipinski definition) is 0. The summed E-state index contributed by atoms with van der Waals surface area (Å²) in [5.41, 5.74) is 1.11. The van der Waals surface area contributed by atoms with Crippen molar-refractivity contribution in [3.63, 3.8) is 0 Å². The van der Waals surface area contributed by atoms with Crippen molar-refractivity contribution in [2.75, 3.05) is 26.3 Å². The molecule has 1 aromatic heterocycles. The topological polar surface area (TPSA) is 77.7 Å². The highest BCUT2D eigenvalue weighted by Crippen LogP contribution is 2.38. The van der Waals surface area contributed by atoms with Crippen LogP contribution in [0.5, 0.6) is 5.75 Å². The van der Waals surface area contributed by atoms with Crippen LogP contribution in [0, 0.1) is 6.92 Å². The molecule has 0 radical (unpaired) electrons. The van der Waals surface area contributed by atoms with E-state index in [1.165, 1.54) is 0 Å². The van der Waals surface area contributed by atoms with Gasteiger partial charge < -0.3 is 18.9 Å². The van der Waals surface area contributed by atoms with Crippen LogP contribution in [-0.4, -0.2) is 53.4 Å². The Kier molecular flexibility index (Phi) is 5.90. The summed E-state index contributed by atoms with van der Waals surface area (Å²) in [5.74, 6) is 2.67. The lowest BCUT2D eigenvalue weighted by Crippen LogP contribution is -2.45. The summed E-state index contributed by atoms with van der Waals surface area (Å²) >= 11 is 0. The van der Waals surface area contributed by atoms with Crippen molar-refractivity contribution < 1.29 is 18.8 Å². The Balaban J connectivity index is 1.19. The van der Waals surface area contributed by atoms with Gasteiger partial charge in [-0.05, 0) is 50.3 Å². The number of hydrogen-bond acceptors (Lipinski definition) is 6. The molecular formula is C21H27N3O4. The molecule has 2 fully saturated rings. The van der Waals surface area contributed by atoms with Crippen molar-refractivity contribution in [3.05, 3.63) is 41.5 Å². The van der Waals surface area contributed by atoms with Gasteiger partial charge in [-0.2, -0.15) is 4.98 Å². The summed E-state index contributed by atoms with van der Waals surface area (Å²) < 4.78 is 16.9. The van der Waals surface area contributed by atoms with Crippen LogP contribution < -0.4 is 4.74 Å². The number of ether oxygens (including phenoxy) is 2. The summed E-state index contributed by atoms with van der Waals surface area (Å²) in [6.07, 6.45) is 4.88. The first-order valence-electron chi connectivity index (χ1n) is 10.1. The van der Waals surface area contributed by atoms with Gasteiger partial charge in [0.1, 0.15) is 5.75 Å². The van der Waals surface area contributed by atoms with Gasteiger partial charge in [0.2, 0.25) is 5.89 Å². The molecule has 4 rings (SSSR count). The van der Waals surface area contributed by atoms with Crippen LogP contribution in [-0.2, 0) is 16.0 Å². The summed E-state index contributed by atoms with van der Waals surface area (Å²) in [4.78, 5) is 18.7. The molecular weight excluding hydrogens is 358 g/mol. The van der Waals surface area contributed by atoms with Crippen molar-refractivity contribution in [2.24, 2.45) is 0 Å². The Bertz CT molecular complexity index is 802. The quantitative estimate of drug-likeness (QED) is 0.695. The lowest BCUT2D eigenvalue weighted by molar-refractivity contribution is -0.137. The third-order valence-corrected chi connectivity index (χ3v) is 5.17. The number of carbonyl (C=O) groups excluding carboxylic acids is 1. The maximum atomic E-state index is 12.5. The molecule has 1 saturated carbocycles. The number of benzene rings is 1. The molecule has 1 aromatic carbocycles. The van der Waals surface area contributed by atoms with Crippen molar-refractivity contribution in [1.82, 2.24) is 15.0 Å². The fraction of sp³-hybridized carbons (Fsp3) is 0.571. The molecule has 2 heterocycles. The Morgan fingerprint density at radius 3 is 3.04 bits per heavy atom. The molecule has 1 aliphatic heterocycles. The molecule has 2 aromatic rings. The predicted molar refractivity (Wildman–Crippen MR) is 102 cm³/mol. The minimum Gasteiger partial charge on any atom is -0.484 e. The van der Waals surface area contributed by atoms with Crippen LogP contribution in [0.15, 0.2) is 28.8 Å². The van der Waals surface area contributed by atoms with Gasteiger partial charge >= 0.3 is 0 Å². The minimum atomic E-state index is 0.00190. The Morgan fingerprint density at radius 2 is 2.21 bits per heavy atom. The number of likely N-dealkylation sites (tertiary alicyclic amines) is 1. The zero-order chi connectivity index (χ0) is 19.3. The van der Waals surface area contributed by atoms with E-state index in [1.807, 2.05) is 36.1 Å². The largest absolute Gasteiger partial charge is 0.484 e. The van der Waals surface area contributed by atoms with Gasteiger partial charge in [-0.25, -0.2) is 0 Å². The van der Waals surface area contributed by atoms with Crippen LogP contribution in [0.4, 0.5) is 0 Å². The molecule has 1 amide bonds. The molecule has 7 heteroatoms. The summed E-state index contributed by atoms with van der Waals surface area (Å²) in [6.45, 7) is 3.96. The van der Waals surface area contributed by atoms with E-state index in [0.717, 1.165) is 49.4 Å². The number of piperidine rings is 1. The molecule has 0 N–H and O–H groups in total. The highest BCUT2D eigenvalue weighted by molar-refractivity contribution is 5.77. The van der Waals surface area contributed by atoms with Crippen molar-refractivity contribution in [1.29, 1.82) is 0 Å². The molecule has 1 unspecified atom stereocenters. The van der Waals surface area contributed by atoms with Gasteiger partial charge in [-0.3, -0.25) is 4.79 Å². The third-order valence-electron chi connectivity index (χ3n) is 5.17. The molecule has 28 heavy (non-hydrogen) atoms. The second-order valence-corrected chi connectivity index (χ2v) is 7.65. The maximum absolute atomic E-state index is 12.5. The molecule has 1 saturated heterocycles. The van der Waals surface area contributed by atoms with Crippen molar-refractivity contribution >= 4 is 5.91 Å². The van der Waals surface area contributed by atoms with Crippen molar-refractivity contribution in [3.8, 4) is 5.75 Å². The molecule has 150 valence electrons. The lowest BCUT2D eigenvalue weighted by Gasteiger charge is -2.32. The van der Waals surface area contributed by atoms with E-state index in [2.05, 4.69) is 10.1 Å². The van der Waals surface area contributed by atoms with Gasteiger partial charge in [-0.15, -0.1) is 0 Å². The number of aromatic nitrogens is 2. The Morgan fingerprint density at radius 1 is 1.32 bits per heavy atom. The van der Waals surface area contributed by atoms with Crippen LogP contribution in [0.25, 0.3) is 0 Å². The van der Waals surface area contributed by atoms with Crippen molar-refractivity contribution in [2.45, 2.75) is 51.0 Å². The number of aryl methyl sites for hydroxylation is 1. The number of rotatable bonds is 8. The highest BCUT2D eigenvalue weighted by atomic mass is 16.5. The summed E-state index contributed by atoms with van der Waals surface area (Å²) in [6, 6.07) is 7.73. The van der Waals surface area contributed by atoms with E-state index in [1.54, 1.807) is 0 Å². The first-order valence-corrected chi connectivity index (χ1v) is 10.1. The maximum Gasteiger partial charge on any atom is 0.260 e. The predicted octanol–water partition coefficient (Wildman–Crippen LogP) is 2.88. The van der Waals surface area contributed by atoms with Gasteiger partial charge in [0.15, 0.2) is 12.4 Å². The average molecular weight is 385 g/mol. The van der Waals surface area contributed by atoms with Crippen LogP contribution in [0.3, 0.4) is 0 Å². The smallest absolute Gasteiger partial charge is 0.260 e. The molecule has 1 aliphatic carbocycles. The number of nitrogens with zero attached hydrogens (tertiary/aromatic N) is 3. The summed E-state index contributed by atoms with van der Waals surface area (Å²) in [5, 5.41) is 4.02. The standard InChI is InChI=1S/C21H27N3O4/c1-15-4-2-5-17(12-15)27-14-20(25)24-10-3-6-18(13-24)26-11-9-19-22-21(28-23-19)16-7-8-16/h2,4-5,12,16,18H,3,6-11,13-14H2,1H3. The second-order valence-electron chi connectivity index (χ2n) is 7.65. The first kappa shape index (κ1) is 18.9. The Hall–Kier alpha value is -2.41. The SMILES string of the molecule is Cc1cccc(OCC(=O)N2CCCC(OCCc3noc(C4CC4)n3)C2)c1. The van der Waals surface area contributed by atoms with Gasteiger partial charge in [0.05, 0.1) is 12.7 Å². The van der Waals surface area contributed by atoms with Gasteiger partial charge in [0, 0.05) is 25.4 Å².